The van der Waals surface area contributed by atoms with Crippen LogP contribution in [0.5, 0.6) is 5.75 Å². The fourth-order valence-electron chi connectivity index (χ4n) is 1.48. The van der Waals surface area contributed by atoms with Crippen molar-refractivity contribution in [2.45, 2.75) is 33.1 Å². The first-order valence-corrected chi connectivity index (χ1v) is 7.94. The largest absolute Gasteiger partial charge is 0.465 e. The van der Waals surface area contributed by atoms with Crippen LogP contribution in [0.3, 0.4) is 0 Å². The standard InChI is InChI=1S/C15H17Cl3O4/c1-9(2)8-21-12(19)4-3-5-13(20)22-15-11(17)7-6-10(16)14(15)18/h6-7,9H,3-5,8H2,1-2H3. The number of hydrogen-bond acceptors (Lipinski definition) is 4. The quantitative estimate of drug-likeness (QED) is 0.390. The van der Waals surface area contributed by atoms with E-state index in [4.69, 9.17) is 44.3 Å². The van der Waals surface area contributed by atoms with Crippen molar-refractivity contribution in [2.24, 2.45) is 5.92 Å². The second-order valence-corrected chi connectivity index (χ2v) is 6.27. The van der Waals surface area contributed by atoms with Crippen molar-refractivity contribution in [2.75, 3.05) is 6.61 Å². The third kappa shape index (κ3) is 6.42. The van der Waals surface area contributed by atoms with E-state index in [-0.39, 0.29) is 45.5 Å². The number of ether oxygens (including phenoxy) is 2. The Kier molecular flexibility index (Phi) is 8.01. The van der Waals surface area contributed by atoms with Gasteiger partial charge < -0.3 is 9.47 Å². The van der Waals surface area contributed by atoms with E-state index in [2.05, 4.69) is 0 Å². The molecule has 1 aromatic carbocycles. The lowest BCUT2D eigenvalue weighted by atomic mass is 10.2. The molecule has 122 valence electrons. The monoisotopic (exact) mass is 366 g/mol. The summed E-state index contributed by atoms with van der Waals surface area (Å²) in [4.78, 5) is 23.1. The molecule has 0 spiro atoms. The lowest BCUT2D eigenvalue weighted by Gasteiger charge is -2.09. The fraction of sp³-hybridized carbons (Fsp3) is 0.467. The molecule has 0 aromatic heterocycles. The molecule has 7 heteroatoms. The zero-order valence-corrected chi connectivity index (χ0v) is 14.6. The van der Waals surface area contributed by atoms with Gasteiger partial charge in [0.05, 0.1) is 16.7 Å². The first-order valence-electron chi connectivity index (χ1n) is 6.81. The Labute approximate surface area is 144 Å². The van der Waals surface area contributed by atoms with Gasteiger partial charge in [0.1, 0.15) is 5.02 Å². The molecule has 0 saturated heterocycles. The third-order valence-corrected chi connectivity index (χ3v) is 3.64. The van der Waals surface area contributed by atoms with Crippen LogP contribution in [0.1, 0.15) is 33.1 Å². The zero-order valence-electron chi connectivity index (χ0n) is 12.3. The predicted octanol–water partition coefficient (Wildman–Crippen LogP) is 4.92. The first-order chi connectivity index (χ1) is 10.3. The summed E-state index contributed by atoms with van der Waals surface area (Å²) in [6.45, 7) is 4.27. The van der Waals surface area contributed by atoms with E-state index in [1.165, 1.54) is 12.1 Å². The third-order valence-electron chi connectivity index (χ3n) is 2.56. The minimum absolute atomic E-state index is 0.0308. The summed E-state index contributed by atoms with van der Waals surface area (Å²) in [7, 11) is 0. The Morgan fingerprint density at radius 3 is 2.27 bits per heavy atom. The van der Waals surface area contributed by atoms with E-state index in [0.717, 1.165) is 0 Å². The molecule has 4 nitrogen and oxygen atoms in total. The molecule has 0 atom stereocenters. The number of rotatable bonds is 7. The number of halogens is 3. The lowest BCUT2D eigenvalue weighted by molar-refractivity contribution is -0.145. The SMILES string of the molecule is CC(C)COC(=O)CCCC(=O)Oc1c(Cl)ccc(Cl)c1Cl. The Morgan fingerprint density at radius 1 is 1.05 bits per heavy atom. The summed E-state index contributed by atoms with van der Waals surface area (Å²) in [6, 6.07) is 3.00. The molecular formula is C15H17Cl3O4. The number of esters is 2. The lowest BCUT2D eigenvalue weighted by Crippen LogP contribution is -2.12. The summed E-state index contributed by atoms with van der Waals surface area (Å²) in [5, 5.41) is 0.518. The van der Waals surface area contributed by atoms with Gasteiger partial charge in [-0.05, 0) is 24.5 Å². The molecule has 0 heterocycles. The molecule has 1 rings (SSSR count). The van der Waals surface area contributed by atoms with Crippen LogP contribution in [-0.4, -0.2) is 18.5 Å². The highest BCUT2D eigenvalue weighted by molar-refractivity contribution is 6.44. The van der Waals surface area contributed by atoms with E-state index in [1.54, 1.807) is 0 Å². The Bertz CT molecular complexity index is 544. The van der Waals surface area contributed by atoms with Crippen molar-refractivity contribution in [3.8, 4) is 5.75 Å². The maximum atomic E-state index is 11.7. The molecule has 0 aliphatic rings. The maximum absolute atomic E-state index is 11.7. The van der Waals surface area contributed by atoms with Crippen molar-refractivity contribution in [1.29, 1.82) is 0 Å². The zero-order chi connectivity index (χ0) is 16.7. The van der Waals surface area contributed by atoms with Crippen molar-refractivity contribution in [1.82, 2.24) is 0 Å². The number of hydrogen-bond donors (Lipinski definition) is 0. The fourth-order valence-corrected chi connectivity index (χ4v) is 2.07. The van der Waals surface area contributed by atoms with Crippen molar-refractivity contribution < 1.29 is 19.1 Å². The summed E-state index contributed by atoms with van der Waals surface area (Å²) in [5.41, 5.74) is 0. The summed E-state index contributed by atoms with van der Waals surface area (Å²) < 4.78 is 10.1. The highest BCUT2D eigenvalue weighted by atomic mass is 35.5. The second-order valence-electron chi connectivity index (χ2n) is 5.08. The van der Waals surface area contributed by atoms with Crippen LogP contribution < -0.4 is 4.74 Å². The van der Waals surface area contributed by atoms with Crippen molar-refractivity contribution >= 4 is 46.7 Å². The average molecular weight is 368 g/mol. The van der Waals surface area contributed by atoms with Crippen LogP contribution in [0.2, 0.25) is 15.1 Å². The molecule has 0 amide bonds. The molecule has 22 heavy (non-hydrogen) atoms. The van der Waals surface area contributed by atoms with E-state index in [0.29, 0.717) is 13.0 Å². The van der Waals surface area contributed by atoms with Crippen LogP contribution >= 0.6 is 34.8 Å². The molecule has 0 saturated carbocycles. The Hall–Kier alpha value is -0.970. The molecule has 0 N–H and O–H groups in total. The second kappa shape index (κ2) is 9.23. The highest BCUT2D eigenvalue weighted by Crippen LogP contribution is 2.38. The van der Waals surface area contributed by atoms with Gasteiger partial charge in [-0.1, -0.05) is 48.7 Å². The van der Waals surface area contributed by atoms with Crippen LogP contribution in [0, 0.1) is 5.92 Å². The normalized spacial score (nSPS) is 10.6. The molecule has 0 unspecified atom stereocenters. The van der Waals surface area contributed by atoms with E-state index < -0.39 is 5.97 Å². The van der Waals surface area contributed by atoms with Crippen molar-refractivity contribution in [3.05, 3.63) is 27.2 Å². The number of benzene rings is 1. The van der Waals surface area contributed by atoms with Gasteiger partial charge in [-0.3, -0.25) is 9.59 Å². The molecule has 0 aliphatic heterocycles. The minimum Gasteiger partial charge on any atom is -0.465 e. The Balaban J connectivity index is 2.42. The molecular weight excluding hydrogens is 351 g/mol. The van der Waals surface area contributed by atoms with Crippen LogP contribution in [0.15, 0.2) is 12.1 Å². The van der Waals surface area contributed by atoms with Gasteiger partial charge in [-0.15, -0.1) is 0 Å². The van der Waals surface area contributed by atoms with E-state index in [9.17, 15) is 9.59 Å². The van der Waals surface area contributed by atoms with Crippen LogP contribution in [0.4, 0.5) is 0 Å². The summed E-state index contributed by atoms with van der Waals surface area (Å²) in [5.74, 6) is -0.563. The van der Waals surface area contributed by atoms with Crippen LogP contribution in [-0.2, 0) is 14.3 Å². The van der Waals surface area contributed by atoms with E-state index in [1.807, 2.05) is 13.8 Å². The van der Waals surface area contributed by atoms with Crippen LogP contribution in [0.25, 0.3) is 0 Å². The molecule has 0 radical (unpaired) electrons. The first kappa shape index (κ1) is 19.1. The number of carbonyl (C=O) groups excluding carboxylic acids is 2. The molecule has 0 aliphatic carbocycles. The van der Waals surface area contributed by atoms with Gasteiger partial charge in [0, 0.05) is 12.8 Å². The van der Waals surface area contributed by atoms with Gasteiger partial charge >= 0.3 is 11.9 Å². The topological polar surface area (TPSA) is 52.6 Å². The molecule has 0 bridgehead atoms. The van der Waals surface area contributed by atoms with Gasteiger partial charge in [0.15, 0.2) is 5.75 Å². The average Bonchev–Trinajstić information content (AvgIpc) is 2.45. The molecule has 1 aromatic rings. The summed E-state index contributed by atoms with van der Waals surface area (Å²) >= 11 is 17.7. The summed E-state index contributed by atoms with van der Waals surface area (Å²) in [6.07, 6.45) is 0.528. The van der Waals surface area contributed by atoms with Gasteiger partial charge in [0.25, 0.3) is 0 Å². The van der Waals surface area contributed by atoms with Gasteiger partial charge in [0.2, 0.25) is 0 Å². The van der Waals surface area contributed by atoms with Crippen molar-refractivity contribution in [3.63, 3.8) is 0 Å². The van der Waals surface area contributed by atoms with Gasteiger partial charge in [-0.25, -0.2) is 0 Å². The van der Waals surface area contributed by atoms with E-state index >= 15 is 0 Å². The smallest absolute Gasteiger partial charge is 0.311 e. The maximum Gasteiger partial charge on any atom is 0.311 e. The number of carbonyl (C=O) groups is 2. The molecule has 0 fully saturated rings. The minimum atomic E-state index is -0.539. The predicted molar refractivity (Wildman–Crippen MR) is 86.8 cm³/mol. The Morgan fingerprint density at radius 2 is 1.64 bits per heavy atom. The van der Waals surface area contributed by atoms with Gasteiger partial charge in [-0.2, -0.15) is 0 Å². The highest BCUT2D eigenvalue weighted by Gasteiger charge is 2.15.